The number of amides is 1. The molecule has 5 heteroatoms. The molecule has 1 aliphatic heterocycles. The van der Waals surface area contributed by atoms with E-state index in [4.69, 9.17) is 15.2 Å². The molecular formula is C17H30N2O3. The molecule has 3 fully saturated rings. The number of hydrogen-bond donors (Lipinski definition) is 1. The van der Waals surface area contributed by atoms with E-state index >= 15 is 0 Å². The highest BCUT2D eigenvalue weighted by Gasteiger charge is 2.50. The topological polar surface area (TPSA) is 64.8 Å². The molecule has 126 valence electrons. The molecule has 0 spiro atoms. The van der Waals surface area contributed by atoms with Crippen LogP contribution >= 0.6 is 0 Å². The smallest absolute Gasteiger partial charge is 0.227 e. The number of carbonyl (C=O) groups excluding carboxylic acids is 1. The predicted octanol–water partition coefficient (Wildman–Crippen LogP) is 1.40. The molecule has 2 N–H and O–H groups in total. The SMILES string of the molecule is COCCCOC1CCN(C(=O)[C@H]2[C@H]3CC[C@@H](C3)[C@@H]2N)CC1. The van der Waals surface area contributed by atoms with Gasteiger partial charge in [-0.15, -0.1) is 0 Å². The number of fused-ring (bicyclic) bond motifs is 2. The number of likely N-dealkylation sites (tertiary alicyclic amines) is 1. The van der Waals surface area contributed by atoms with Gasteiger partial charge in [0.25, 0.3) is 0 Å². The molecule has 1 amide bonds. The van der Waals surface area contributed by atoms with Crippen molar-refractivity contribution in [2.75, 3.05) is 33.4 Å². The molecule has 0 unspecified atom stereocenters. The molecule has 2 aliphatic carbocycles. The number of methoxy groups -OCH3 is 1. The van der Waals surface area contributed by atoms with Crippen molar-refractivity contribution in [3.8, 4) is 0 Å². The summed E-state index contributed by atoms with van der Waals surface area (Å²) in [5.74, 6) is 1.56. The molecule has 2 saturated carbocycles. The zero-order chi connectivity index (χ0) is 15.5. The maximum Gasteiger partial charge on any atom is 0.227 e. The fourth-order valence-corrected chi connectivity index (χ4v) is 4.61. The number of ether oxygens (including phenoxy) is 2. The second-order valence-electron chi connectivity index (χ2n) is 7.18. The second-order valence-corrected chi connectivity index (χ2v) is 7.18. The van der Waals surface area contributed by atoms with Crippen molar-refractivity contribution in [2.45, 2.75) is 50.7 Å². The molecule has 0 aromatic heterocycles. The van der Waals surface area contributed by atoms with E-state index in [0.717, 1.165) is 45.6 Å². The lowest BCUT2D eigenvalue weighted by atomic mass is 9.83. The van der Waals surface area contributed by atoms with Gasteiger partial charge >= 0.3 is 0 Å². The summed E-state index contributed by atoms with van der Waals surface area (Å²) in [6.45, 7) is 3.16. The van der Waals surface area contributed by atoms with E-state index in [1.54, 1.807) is 7.11 Å². The average Bonchev–Trinajstić information content (AvgIpc) is 3.13. The highest BCUT2D eigenvalue weighted by atomic mass is 16.5. The summed E-state index contributed by atoms with van der Waals surface area (Å²) in [7, 11) is 1.71. The second kappa shape index (κ2) is 7.28. The maximum atomic E-state index is 12.8. The summed E-state index contributed by atoms with van der Waals surface area (Å²) in [6.07, 6.45) is 6.76. The molecule has 5 nitrogen and oxygen atoms in total. The van der Waals surface area contributed by atoms with Crippen LogP contribution in [0.1, 0.15) is 38.5 Å². The van der Waals surface area contributed by atoms with Gasteiger partial charge in [-0.05, 0) is 50.4 Å². The molecule has 4 atom stereocenters. The van der Waals surface area contributed by atoms with Crippen molar-refractivity contribution in [1.82, 2.24) is 4.90 Å². The summed E-state index contributed by atoms with van der Waals surface area (Å²) in [6, 6.07) is 0.106. The van der Waals surface area contributed by atoms with Crippen molar-refractivity contribution in [2.24, 2.45) is 23.5 Å². The lowest BCUT2D eigenvalue weighted by Crippen LogP contribution is -2.50. The van der Waals surface area contributed by atoms with E-state index in [9.17, 15) is 4.79 Å². The molecule has 22 heavy (non-hydrogen) atoms. The number of nitrogens with two attached hydrogens (primary N) is 1. The average molecular weight is 310 g/mol. The van der Waals surface area contributed by atoms with E-state index in [2.05, 4.69) is 0 Å². The van der Waals surface area contributed by atoms with Gasteiger partial charge in [0.05, 0.1) is 12.0 Å². The largest absolute Gasteiger partial charge is 0.385 e. The van der Waals surface area contributed by atoms with Gasteiger partial charge in [-0.2, -0.15) is 0 Å². The monoisotopic (exact) mass is 310 g/mol. The van der Waals surface area contributed by atoms with Gasteiger partial charge in [-0.3, -0.25) is 4.79 Å². The van der Waals surface area contributed by atoms with Crippen LogP contribution in [0.15, 0.2) is 0 Å². The van der Waals surface area contributed by atoms with Gasteiger partial charge in [0.15, 0.2) is 0 Å². The third-order valence-corrected chi connectivity index (χ3v) is 5.87. The van der Waals surface area contributed by atoms with Crippen LogP contribution in [-0.2, 0) is 14.3 Å². The van der Waals surface area contributed by atoms with Gasteiger partial charge in [-0.25, -0.2) is 0 Å². The number of carbonyl (C=O) groups is 1. The first kappa shape index (κ1) is 16.2. The fraction of sp³-hybridized carbons (Fsp3) is 0.941. The first-order chi connectivity index (χ1) is 10.7. The van der Waals surface area contributed by atoms with Crippen molar-refractivity contribution in [3.05, 3.63) is 0 Å². The van der Waals surface area contributed by atoms with Gasteiger partial charge in [0.2, 0.25) is 5.91 Å². The summed E-state index contributed by atoms with van der Waals surface area (Å²) < 4.78 is 10.9. The minimum atomic E-state index is 0.0953. The Kier molecular flexibility index (Phi) is 5.37. The molecular weight excluding hydrogens is 280 g/mol. The number of rotatable bonds is 6. The third-order valence-electron chi connectivity index (χ3n) is 5.87. The Labute approximate surface area is 133 Å². The van der Waals surface area contributed by atoms with E-state index in [1.165, 1.54) is 19.3 Å². The van der Waals surface area contributed by atoms with E-state index in [0.29, 0.717) is 23.8 Å². The Morgan fingerprint density at radius 1 is 1.14 bits per heavy atom. The lowest BCUT2D eigenvalue weighted by Gasteiger charge is -2.37. The first-order valence-corrected chi connectivity index (χ1v) is 8.85. The molecule has 0 aromatic carbocycles. The van der Waals surface area contributed by atoms with Crippen LogP contribution in [-0.4, -0.2) is 56.4 Å². The van der Waals surface area contributed by atoms with Crippen molar-refractivity contribution >= 4 is 5.91 Å². The van der Waals surface area contributed by atoms with Crippen molar-refractivity contribution in [3.63, 3.8) is 0 Å². The Morgan fingerprint density at radius 2 is 1.86 bits per heavy atom. The zero-order valence-electron chi connectivity index (χ0n) is 13.7. The van der Waals surface area contributed by atoms with Crippen molar-refractivity contribution < 1.29 is 14.3 Å². The zero-order valence-corrected chi connectivity index (χ0v) is 13.7. The molecule has 1 heterocycles. The standard InChI is InChI=1S/C17H30N2O3/c1-21-9-2-10-22-14-5-7-19(8-6-14)17(20)15-12-3-4-13(11-12)16(15)18/h12-16H,2-11,18H2,1H3/t12-,13-,15-,16-/m0/s1. The number of nitrogens with zero attached hydrogens (tertiary/aromatic N) is 1. The van der Waals surface area contributed by atoms with Crippen LogP contribution < -0.4 is 5.73 Å². The molecule has 0 radical (unpaired) electrons. The summed E-state index contributed by atoms with van der Waals surface area (Å²) in [5.41, 5.74) is 6.31. The van der Waals surface area contributed by atoms with Gasteiger partial charge in [0, 0.05) is 39.5 Å². The van der Waals surface area contributed by atoms with E-state index in [1.807, 2.05) is 4.90 Å². The molecule has 3 aliphatic rings. The van der Waals surface area contributed by atoms with Crippen LogP contribution in [0, 0.1) is 17.8 Å². The predicted molar refractivity (Wildman–Crippen MR) is 84.3 cm³/mol. The van der Waals surface area contributed by atoms with Crippen LogP contribution in [0.3, 0.4) is 0 Å². The van der Waals surface area contributed by atoms with Crippen molar-refractivity contribution in [1.29, 1.82) is 0 Å². The van der Waals surface area contributed by atoms with E-state index in [-0.39, 0.29) is 12.0 Å². The maximum absolute atomic E-state index is 12.8. The third kappa shape index (κ3) is 3.31. The first-order valence-electron chi connectivity index (χ1n) is 8.85. The normalized spacial score (nSPS) is 35.3. The Hall–Kier alpha value is -0.650. The fourth-order valence-electron chi connectivity index (χ4n) is 4.61. The van der Waals surface area contributed by atoms with Crippen LogP contribution in [0.2, 0.25) is 0 Å². The Balaban J connectivity index is 1.42. The quantitative estimate of drug-likeness (QED) is 0.753. The minimum absolute atomic E-state index is 0.0953. The molecule has 0 aromatic rings. The molecule has 1 saturated heterocycles. The highest BCUT2D eigenvalue weighted by molar-refractivity contribution is 5.80. The highest BCUT2D eigenvalue weighted by Crippen LogP contribution is 2.48. The summed E-state index contributed by atoms with van der Waals surface area (Å²) in [5, 5.41) is 0. The minimum Gasteiger partial charge on any atom is -0.385 e. The lowest BCUT2D eigenvalue weighted by molar-refractivity contribution is -0.140. The van der Waals surface area contributed by atoms with Crippen LogP contribution in [0.5, 0.6) is 0 Å². The summed E-state index contributed by atoms with van der Waals surface area (Å²) >= 11 is 0. The van der Waals surface area contributed by atoms with E-state index < -0.39 is 0 Å². The van der Waals surface area contributed by atoms with Crippen LogP contribution in [0.4, 0.5) is 0 Å². The number of piperidine rings is 1. The van der Waals surface area contributed by atoms with Gasteiger partial charge in [-0.1, -0.05) is 0 Å². The van der Waals surface area contributed by atoms with Gasteiger partial charge < -0.3 is 20.1 Å². The summed E-state index contributed by atoms with van der Waals surface area (Å²) in [4.78, 5) is 14.8. The molecule has 2 bridgehead atoms. The number of hydrogen-bond acceptors (Lipinski definition) is 4. The Bertz CT molecular complexity index is 380. The Morgan fingerprint density at radius 3 is 2.50 bits per heavy atom. The van der Waals surface area contributed by atoms with Gasteiger partial charge in [0.1, 0.15) is 0 Å². The molecule has 3 rings (SSSR count). The van der Waals surface area contributed by atoms with Crippen LogP contribution in [0.25, 0.3) is 0 Å².